The van der Waals surface area contributed by atoms with E-state index in [-0.39, 0.29) is 24.5 Å². The highest BCUT2D eigenvalue weighted by Crippen LogP contribution is 2.62. The highest BCUT2D eigenvalue weighted by molar-refractivity contribution is 8.26. The standard InChI is InChI=1S/C30H41F2N5O4S/c1-20-6-7-21(16-35-12-10-29(11-13-35)18-36(19-29)27(38)41-28(2,3)4)14-23(20)24-8-9-25-26(33-24)34(5)42(39,40)37(25)17-22-15-30(22,31)32/h6-9,14,22,39-40H,10-13,15-19H2,1-5H3. The lowest BCUT2D eigenvalue weighted by Gasteiger charge is -2.53. The Bertz CT molecular complexity index is 1380. The van der Waals surface area contributed by atoms with Crippen LogP contribution in [-0.2, 0) is 11.3 Å². The fraction of sp³-hybridized carbons (Fsp3) is 0.600. The third-order valence-electron chi connectivity index (χ3n) is 9.03. The molecule has 2 N–H and O–H groups in total. The lowest BCUT2D eigenvalue weighted by atomic mass is 9.72. The number of halogens is 2. The zero-order chi connectivity index (χ0) is 30.2. The van der Waals surface area contributed by atoms with Crippen LogP contribution in [0.5, 0.6) is 0 Å². The van der Waals surface area contributed by atoms with Crippen molar-refractivity contribution in [2.45, 2.75) is 65.0 Å². The number of ether oxygens (including phenoxy) is 1. The molecule has 3 fully saturated rings. The zero-order valence-electron chi connectivity index (χ0n) is 24.9. The van der Waals surface area contributed by atoms with Gasteiger partial charge in [0.1, 0.15) is 11.3 Å². The van der Waals surface area contributed by atoms with Gasteiger partial charge in [-0.15, -0.1) is 0 Å². The largest absolute Gasteiger partial charge is 0.444 e. The molecule has 2 aromatic rings. The number of fused-ring (bicyclic) bond motifs is 1. The van der Waals surface area contributed by atoms with Gasteiger partial charge in [0.25, 0.3) is 5.92 Å². The fourth-order valence-electron chi connectivity index (χ4n) is 6.30. The highest BCUT2D eigenvalue weighted by atomic mass is 32.3. The topological polar surface area (TPSA) is 92.6 Å². The number of pyridine rings is 1. The van der Waals surface area contributed by atoms with Crippen LogP contribution in [0.3, 0.4) is 0 Å². The van der Waals surface area contributed by atoms with Gasteiger partial charge in [-0.25, -0.2) is 27.2 Å². The number of aryl methyl sites for hydroxylation is 1. The van der Waals surface area contributed by atoms with Crippen molar-refractivity contribution in [1.29, 1.82) is 0 Å². The van der Waals surface area contributed by atoms with Gasteiger partial charge in [-0.3, -0.25) is 14.0 Å². The maximum Gasteiger partial charge on any atom is 0.410 e. The number of carbonyl (C=O) groups is 1. The molecule has 0 bridgehead atoms. The summed E-state index contributed by atoms with van der Waals surface area (Å²) in [7, 11) is -1.92. The predicted molar refractivity (Wildman–Crippen MR) is 161 cm³/mol. The van der Waals surface area contributed by atoms with Crippen molar-refractivity contribution in [2.24, 2.45) is 11.3 Å². The summed E-state index contributed by atoms with van der Waals surface area (Å²) in [5.41, 5.74) is 4.01. The number of benzene rings is 1. The molecule has 2 saturated heterocycles. The van der Waals surface area contributed by atoms with E-state index in [2.05, 4.69) is 23.1 Å². The number of likely N-dealkylation sites (tertiary alicyclic amines) is 2. The summed E-state index contributed by atoms with van der Waals surface area (Å²) >= 11 is 0. The predicted octanol–water partition coefficient (Wildman–Crippen LogP) is 6.38. The second kappa shape index (κ2) is 9.93. The van der Waals surface area contributed by atoms with Gasteiger partial charge in [0, 0.05) is 56.5 Å². The summed E-state index contributed by atoms with van der Waals surface area (Å²) in [6.45, 7) is 11.8. The Kier molecular flexibility index (Phi) is 6.95. The van der Waals surface area contributed by atoms with Crippen LogP contribution < -0.4 is 8.61 Å². The summed E-state index contributed by atoms with van der Waals surface area (Å²) < 4.78 is 57.1. The molecule has 1 unspecified atom stereocenters. The van der Waals surface area contributed by atoms with E-state index in [1.807, 2.05) is 38.7 Å². The van der Waals surface area contributed by atoms with Crippen LogP contribution in [0.4, 0.5) is 25.1 Å². The van der Waals surface area contributed by atoms with Crippen LogP contribution in [0.15, 0.2) is 30.3 Å². The van der Waals surface area contributed by atoms with Gasteiger partial charge in [0.15, 0.2) is 5.82 Å². The second-order valence-electron chi connectivity index (χ2n) is 13.5. The molecule has 4 heterocycles. The average Bonchev–Trinajstić information content (AvgIpc) is 3.45. The summed E-state index contributed by atoms with van der Waals surface area (Å²) in [6, 6.07) is 9.93. The van der Waals surface area contributed by atoms with Gasteiger partial charge < -0.3 is 9.64 Å². The van der Waals surface area contributed by atoms with Crippen LogP contribution in [0.25, 0.3) is 11.3 Å². The zero-order valence-corrected chi connectivity index (χ0v) is 25.8. The van der Waals surface area contributed by atoms with E-state index in [0.717, 1.165) is 62.3 Å². The van der Waals surface area contributed by atoms with Crippen molar-refractivity contribution in [3.63, 3.8) is 0 Å². The van der Waals surface area contributed by atoms with Crippen LogP contribution >= 0.6 is 11.0 Å². The van der Waals surface area contributed by atoms with Crippen molar-refractivity contribution in [3.8, 4) is 11.3 Å². The van der Waals surface area contributed by atoms with Gasteiger partial charge in [-0.2, -0.15) is 0 Å². The molecule has 3 aliphatic heterocycles. The SMILES string of the molecule is Cc1ccc(CN2CCC3(CC2)CN(C(=O)OC(C)(C)C)C3)cc1-c1ccc2c(n1)N(C)S(O)(O)N2CC1CC1(F)F. The van der Waals surface area contributed by atoms with E-state index in [9.17, 15) is 22.7 Å². The molecule has 1 aromatic carbocycles. The van der Waals surface area contributed by atoms with Crippen molar-refractivity contribution in [2.75, 3.05) is 48.4 Å². The molecule has 1 amide bonds. The van der Waals surface area contributed by atoms with Crippen molar-refractivity contribution < 1.29 is 27.4 Å². The maximum atomic E-state index is 13.6. The molecule has 1 spiro atoms. The monoisotopic (exact) mass is 605 g/mol. The van der Waals surface area contributed by atoms with Crippen molar-refractivity contribution in [1.82, 2.24) is 14.8 Å². The van der Waals surface area contributed by atoms with Gasteiger partial charge >= 0.3 is 6.09 Å². The van der Waals surface area contributed by atoms with E-state index in [0.29, 0.717) is 17.2 Å². The number of rotatable bonds is 5. The van der Waals surface area contributed by atoms with E-state index >= 15 is 0 Å². The third kappa shape index (κ3) is 5.42. The number of carbonyl (C=O) groups excluding carboxylic acids is 1. The quantitative estimate of drug-likeness (QED) is 0.406. The normalized spacial score (nSPS) is 24.8. The molecule has 1 aliphatic carbocycles. The van der Waals surface area contributed by atoms with Crippen LogP contribution in [0.1, 0.15) is 51.2 Å². The number of amides is 1. The number of hydrogen-bond acceptors (Lipinski definition) is 8. The Hall–Kier alpha value is -2.67. The van der Waals surface area contributed by atoms with E-state index in [1.54, 1.807) is 6.07 Å². The minimum absolute atomic E-state index is 0.127. The number of piperidine rings is 1. The Morgan fingerprint density at radius 3 is 2.43 bits per heavy atom. The fourth-order valence-corrected chi connectivity index (χ4v) is 7.75. The Balaban J connectivity index is 1.11. The lowest BCUT2D eigenvalue weighted by molar-refractivity contribution is -0.0600. The molecular formula is C30H41F2N5O4S. The Morgan fingerprint density at radius 1 is 1.14 bits per heavy atom. The number of anilines is 2. The van der Waals surface area contributed by atoms with E-state index in [4.69, 9.17) is 9.72 Å². The Morgan fingerprint density at radius 2 is 1.81 bits per heavy atom. The molecule has 1 saturated carbocycles. The lowest BCUT2D eigenvalue weighted by Crippen LogP contribution is -2.62. The Labute approximate surface area is 248 Å². The number of alkyl halides is 2. The first kappa shape index (κ1) is 29.4. The van der Waals surface area contributed by atoms with Crippen molar-refractivity contribution >= 4 is 28.6 Å². The molecule has 9 nitrogen and oxygen atoms in total. The van der Waals surface area contributed by atoms with Crippen LogP contribution in [0, 0.1) is 18.3 Å². The highest BCUT2D eigenvalue weighted by Gasteiger charge is 2.59. The molecule has 6 rings (SSSR count). The van der Waals surface area contributed by atoms with Gasteiger partial charge in [-0.05, 0) is 93.9 Å². The summed E-state index contributed by atoms with van der Waals surface area (Å²) in [5, 5.41) is 0. The molecule has 1 atom stereocenters. The first-order valence-corrected chi connectivity index (χ1v) is 16.0. The van der Waals surface area contributed by atoms with Gasteiger partial charge in [0.05, 0.1) is 5.69 Å². The minimum atomic E-state index is -3.45. The van der Waals surface area contributed by atoms with Crippen LogP contribution in [-0.4, -0.2) is 81.3 Å². The average molecular weight is 606 g/mol. The van der Waals surface area contributed by atoms with Crippen LogP contribution in [0.2, 0.25) is 0 Å². The van der Waals surface area contributed by atoms with E-state index in [1.165, 1.54) is 15.7 Å². The van der Waals surface area contributed by atoms with E-state index < -0.39 is 28.4 Å². The molecule has 1 aromatic heterocycles. The molecule has 230 valence electrons. The first-order chi connectivity index (χ1) is 19.6. The summed E-state index contributed by atoms with van der Waals surface area (Å²) in [4.78, 5) is 21.4. The van der Waals surface area contributed by atoms with Gasteiger partial charge in [-0.1, -0.05) is 12.1 Å². The number of hydrogen-bond donors (Lipinski definition) is 2. The number of nitrogens with zero attached hydrogens (tertiary/aromatic N) is 5. The molecule has 0 radical (unpaired) electrons. The molecule has 4 aliphatic rings. The third-order valence-corrected chi connectivity index (χ3v) is 10.9. The van der Waals surface area contributed by atoms with Crippen molar-refractivity contribution in [3.05, 3.63) is 41.5 Å². The second-order valence-corrected chi connectivity index (χ2v) is 15.5. The first-order valence-electron chi connectivity index (χ1n) is 14.6. The summed E-state index contributed by atoms with van der Waals surface area (Å²) in [5.74, 6) is -3.27. The van der Waals surface area contributed by atoms with Gasteiger partial charge in [0.2, 0.25) is 0 Å². The number of aromatic nitrogens is 1. The molecule has 12 heteroatoms. The maximum absolute atomic E-state index is 13.6. The molecular weight excluding hydrogens is 564 g/mol. The smallest absolute Gasteiger partial charge is 0.410 e. The minimum Gasteiger partial charge on any atom is -0.444 e. The molecule has 42 heavy (non-hydrogen) atoms. The summed E-state index contributed by atoms with van der Waals surface area (Å²) in [6.07, 6.45) is 1.62.